The summed E-state index contributed by atoms with van der Waals surface area (Å²) in [5, 5.41) is 0. The highest BCUT2D eigenvalue weighted by molar-refractivity contribution is 5.82. The van der Waals surface area contributed by atoms with Gasteiger partial charge in [-0.3, -0.25) is 4.79 Å². The SMILES string of the molecule is Cc1cccc(-c2ccc3nc(C(C)(C)C)c(=O)n(C)c3c2)c1. The van der Waals surface area contributed by atoms with Gasteiger partial charge in [-0.05, 0) is 30.2 Å². The lowest BCUT2D eigenvalue weighted by Gasteiger charge is -2.19. The number of benzene rings is 2. The minimum Gasteiger partial charge on any atom is -0.308 e. The molecule has 0 bridgehead atoms. The summed E-state index contributed by atoms with van der Waals surface area (Å²) < 4.78 is 1.71. The largest absolute Gasteiger partial charge is 0.308 e. The zero-order valence-corrected chi connectivity index (χ0v) is 14.3. The molecule has 0 saturated carbocycles. The maximum Gasteiger partial charge on any atom is 0.273 e. The Balaban J connectivity index is 2.26. The molecule has 1 aromatic heterocycles. The number of hydrogen-bond acceptors (Lipinski definition) is 2. The highest BCUT2D eigenvalue weighted by atomic mass is 16.1. The first kappa shape index (κ1) is 15.5. The summed E-state index contributed by atoms with van der Waals surface area (Å²) in [7, 11) is 1.82. The lowest BCUT2D eigenvalue weighted by molar-refractivity contribution is 0.555. The summed E-state index contributed by atoms with van der Waals surface area (Å²) in [6.45, 7) is 8.13. The van der Waals surface area contributed by atoms with Crippen molar-refractivity contribution in [3.63, 3.8) is 0 Å². The molecule has 2 aromatic carbocycles. The molecule has 0 unspecified atom stereocenters. The van der Waals surface area contributed by atoms with E-state index >= 15 is 0 Å². The number of aromatic nitrogens is 2. The second kappa shape index (κ2) is 5.34. The molecule has 3 heteroatoms. The van der Waals surface area contributed by atoms with Gasteiger partial charge in [-0.25, -0.2) is 4.98 Å². The third-order valence-electron chi connectivity index (χ3n) is 4.14. The van der Waals surface area contributed by atoms with Crippen LogP contribution in [0.5, 0.6) is 0 Å². The van der Waals surface area contributed by atoms with Gasteiger partial charge in [0.05, 0.1) is 11.0 Å². The zero-order chi connectivity index (χ0) is 16.8. The molecule has 23 heavy (non-hydrogen) atoms. The van der Waals surface area contributed by atoms with Crippen molar-refractivity contribution in [2.75, 3.05) is 0 Å². The molecule has 0 N–H and O–H groups in total. The van der Waals surface area contributed by atoms with Crippen LogP contribution >= 0.6 is 0 Å². The molecule has 118 valence electrons. The normalized spacial score (nSPS) is 11.9. The van der Waals surface area contributed by atoms with Gasteiger partial charge in [0.1, 0.15) is 5.69 Å². The minimum atomic E-state index is -0.266. The van der Waals surface area contributed by atoms with Crippen molar-refractivity contribution >= 4 is 11.0 Å². The van der Waals surface area contributed by atoms with Gasteiger partial charge in [0.15, 0.2) is 0 Å². The smallest absolute Gasteiger partial charge is 0.273 e. The molecule has 3 aromatic rings. The molecule has 0 saturated heterocycles. The molecule has 3 rings (SSSR count). The minimum absolute atomic E-state index is 0.0219. The van der Waals surface area contributed by atoms with Crippen molar-refractivity contribution in [1.29, 1.82) is 0 Å². The molecule has 0 amide bonds. The Hall–Kier alpha value is -2.42. The Morgan fingerprint density at radius 2 is 1.70 bits per heavy atom. The Morgan fingerprint density at radius 1 is 1.00 bits per heavy atom. The van der Waals surface area contributed by atoms with Crippen molar-refractivity contribution in [1.82, 2.24) is 9.55 Å². The van der Waals surface area contributed by atoms with Gasteiger partial charge >= 0.3 is 0 Å². The van der Waals surface area contributed by atoms with Crippen LogP contribution in [0.1, 0.15) is 32.0 Å². The first-order valence-electron chi connectivity index (χ1n) is 7.86. The van der Waals surface area contributed by atoms with E-state index < -0.39 is 0 Å². The second-order valence-electron chi connectivity index (χ2n) is 7.15. The average molecular weight is 306 g/mol. The summed E-state index contributed by atoms with van der Waals surface area (Å²) in [6, 6.07) is 14.5. The monoisotopic (exact) mass is 306 g/mol. The summed E-state index contributed by atoms with van der Waals surface area (Å²) >= 11 is 0. The number of hydrogen-bond donors (Lipinski definition) is 0. The van der Waals surface area contributed by atoms with E-state index in [4.69, 9.17) is 0 Å². The number of nitrogens with zero attached hydrogens (tertiary/aromatic N) is 2. The molecule has 0 fully saturated rings. The topological polar surface area (TPSA) is 34.9 Å². The van der Waals surface area contributed by atoms with Gasteiger partial charge in [0.25, 0.3) is 5.56 Å². The maximum absolute atomic E-state index is 12.6. The lowest BCUT2D eigenvalue weighted by atomic mass is 9.92. The van der Waals surface area contributed by atoms with Crippen LogP contribution in [0.2, 0.25) is 0 Å². The number of rotatable bonds is 1. The van der Waals surface area contributed by atoms with E-state index in [2.05, 4.69) is 42.2 Å². The van der Waals surface area contributed by atoms with Gasteiger partial charge in [0, 0.05) is 12.5 Å². The van der Waals surface area contributed by atoms with Crippen LogP contribution in [0.25, 0.3) is 22.2 Å². The van der Waals surface area contributed by atoms with Crippen LogP contribution in [0.15, 0.2) is 47.3 Å². The van der Waals surface area contributed by atoms with Crippen molar-refractivity contribution in [3.8, 4) is 11.1 Å². The highest BCUT2D eigenvalue weighted by Gasteiger charge is 2.21. The molecule has 0 aliphatic heterocycles. The van der Waals surface area contributed by atoms with Gasteiger partial charge < -0.3 is 4.57 Å². The Bertz CT molecular complexity index is 946. The Labute approximate surface area is 136 Å². The number of aryl methyl sites for hydroxylation is 2. The van der Waals surface area contributed by atoms with Crippen molar-refractivity contribution < 1.29 is 0 Å². The van der Waals surface area contributed by atoms with Crippen LogP contribution in [0.4, 0.5) is 0 Å². The Morgan fingerprint density at radius 3 is 2.35 bits per heavy atom. The fourth-order valence-corrected chi connectivity index (χ4v) is 2.82. The third-order valence-corrected chi connectivity index (χ3v) is 4.14. The Kier molecular flexibility index (Phi) is 3.59. The van der Waals surface area contributed by atoms with Crippen molar-refractivity contribution in [2.45, 2.75) is 33.1 Å². The van der Waals surface area contributed by atoms with Crippen molar-refractivity contribution in [3.05, 3.63) is 64.1 Å². The molecule has 3 nitrogen and oxygen atoms in total. The van der Waals surface area contributed by atoms with E-state index in [-0.39, 0.29) is 11.0 Å². The molecular weight excluding hydrogens is 284 g/mol. The first-order chi connectivity index (χ1) is 10.8. The average Bonchev–Trinajstić information content (AvgIpc) is 2.49. The van der Waals surface area contributed by atoms with E-state index in [1.807, 2.05) is 40.0 Å². The molecule has 0 radical (unpaired) electrons. The van der Waals surface area contributed by atoms with E-state index in [0.29, 0.717) is 5.69 Å². The second-order valence-corrected chi connectivity index (χ2v) is 7.15. The summed E-state index contributed by atoms with van der Waals surface area (Å²) in [6.07, 6.45) is 0. The van der Waals surface area contributed by atoms with Crippen LogP contribution in [0.3, 0.4) is 0 Å². The molecular formula is C20H22N2O. The highest BCUT2D eigenvalue weighted by Crippen LogP contribution is 2.25. The van der Waals surface area contributed by atoms with Gasteiger partial charge in [0.2, 0.25) is 0 Å². The van der Waals surface area contributed by atoms with Crippen LogP contribution < -0.4 is 5.56 Å². The van der Waals surface area contributed by atoms with Crippen LogP contribution in [-0.2, 0) is 12.5 Å². The van der Waals surface area contributed by atoms with E-state index in [1.165, 1.54) is 5.56 Å². The third kappa shape index (κ3) is 2.79. The number of fused-ring (bicyclic) bond motifs is 1. The van der Waals surface area contributed by atoms with Crippen molar-refractivity contribution in [2.24, 2.45) is 7.05 Å². The van der Waals surface area contributed by atoms with Crippen LogP contribution in [0, 0.1) is 6.92 Å². The molecule has 1 heterocycles. The predicted molar refractivity (Wildman–Crippen MR) is 95.9 cm³/mol. The fourth-order valence-electron chi connectivity index (χ4n) is 2.82. The predicted octanol–water partition coefficient (Wildman–Crippen LogP) is 4.21. The van der Waals surface area contributed by atoms with Gasteiger partial charge in [-0.15, -0.1) is 0 Å². The van der Waals surface area contributed by atoms with E-state index in [9.17, 15) is 4.79 Å². The maximum atomic E-state index is 12.6. The zero-order valence-electron chi connectivity index (χ0n) is 14.3. The molecule has 0 aliphatic carbocycles. The summed E-state index contributed by atoms with van der Waals surface area (Å²) in [5.41, 5.74) is 5.51. The molecule has 0 spiro atoms. The van der Waals surface area contributed by atoms with Crippen LogP contribution in [-0.4, -0.2) is 9.55 Å². The van der Waals surface area contributed by atoms with Gasteiger partial charge in [-0.2, -0.15) is 0 Å². The van der Waals surface area contributed by atoms with E-state index in [0.717, 1.165) is 22.2 Å². The summed E-state index contributed by atoms with van der Waals surface area (Å²) in [5.74, 6) is 0. The van der Waals surface area contributed by atoms with Gasteiger partial charge in [-0.1, -0.05) is 56.7 Å². The molecule has 0 atom stereocenters. The lowest BCUT2D eigenvalue weighted by Crippen LogP contribution is -2.31. The van der Waals surface area contributed by atoms with E-state index in [1.54, 1.807) is 4.57 Å². The fraction of sp³-hybridized carbons (Fsp3) is 0.300. The quantitative estimate of drug-likeness (QED) is 0.675. The molecule has 0 aliphatic rings. The summed E-state index contributed by atoms with van der Waals surface area (Å²) in [4.78, 5) is 17.3. The standard InChI is InChI=1S/C20H22N2O/c1-13-7-6-8-14(11-13)15-9-10-16-17(12-15)22(5)19(23)18(21-16)20(2,3)4/h6-12H,1-5H3. The first-order valence-corrected chi connectivity index (χ1v) is 7.86.